The van der Waals surface area contributed by atoms with Crippen LogP contribution in [0.5, 0.6) is 0 Å². The zero-order valence-corrected chi connectivity index (χ0v) is 17.2. The van der Waals surface area contributed by atoms with E-state index in [4.69, 9.17) is 0 Å². The molecular weight excluding hydrogens is 396 g/mol. The first kappa shape index (κ1) is 20.7. The number of imide groups is 1. The Balaban J connectivity index is 1.27. The monoisotopic (exact) mass is 420 g/mol. The number of carbonyl (C=O) groups excluding carboxylic acids is 4. The normalized spacial score (nSPS) is 16.3. The zero-order chi connectivity index (χ0) is 21.8. The van der Waals surface area contributed by atoms with E-state index < -0.39 is 0 Å². The van der Waals surface area contributed by atoms with Crippen molar-refractivity contribution in [2.75, 3.05) is 32.7 Å². The van der Waals surface area contributed by atoms with Gasteiger partial charge >= 0.3 is 0 Å². The van der Waals surface area contributed by atoms with Gasteiger partial charge < -0.3 is 9.80 Å². The van der Waals surface area contributed by atoms with Gasteiger partial charge in [0.1, 0.15) is 0 Å². The van der Waals surface area contributed by atoms with Crippen LogP contribution in [0.25, 0.3) is 0 Å². The second-order valence-corrected chi connectivity index (χ2v) is 7.67. The molecule has 0 unspecified atom stereocenters. The van der Waals surface area contributed by atoms with Crippen molar-refractivity contribution in [1.82, 2.24) is 19.7 Å². The van der Waals surface area contributed by atoms with Gasteiger partial charge in [0.15, 0.2) is 0 Å². The highest BCUT2D eigenvalue weighted by molar-refractivity contribution is 6.21. The molecule has 31 heavy (non-hydrogen) atoms. The Kier molecular flexibility index (Phi) is 6.06. The van der Waals surface area contributed by atoms with Crippen molar-refractivity contribution >= 4 is 23.6 Å². The summed E-state index contributed by atoms with van der Waals surface area (Å²) in [4.78, 5) is 58.8. The van der Waals surface area contributed by atoms with Crippen LogP contribution in [0.3, 0.4) is 0 Å². The van der Waals surface area contributed by atoms with Gasteiger partial charge in [-0.25, -0.2) is 0 Å². The number of rotatable bonds is 5. The largest absolute Gasteiger partial charge is 0.341 e. The van der Waals surface area contributed by atoms with E-state index in [-0.39, 0.29) is 36.6 Å². The van der Waals surface area contributed by atoms with E-state index in [1.165, 1.54) is 4.90 Å². The Hall–Kier alpha value is -3.55. The fourth-order valence-electron chi connectivity index (χ4n) is 4.04. The molecule has 2 aliphatic heterocycles. The van der Waals surface area contributed by atoms with Crippen LogP contribution in [0.1, 0.15) is 50.3 Å². The van der Waals surface area contributed by atoms with Gasteiger partial charge in [-0.1, -0.05) is 12.1 Å². The molecule has 0 N–H and O–H groups in total. The Bertz CT molecular complexity index is 973. The van der Waals surface area contributed by atoms with Gasteiger partial charge in [-0.15, -0.1) is 0 Å². The third kappa shape index (κ3) is 4.33. The topological polar surface area (TPSA) is 90.9 Å². The molecule has 0 bridgehead atoms. The second-order valence-electron chi connectivity index (χ2n) is 7.67. The Labute approximate surface area is 180 Å². The minimum absolute atomic E-state index is 0.0187. The molecule has 2 aromatic rings. The molecule has 1 aromatic carbocycles. The van der Waals surface area contributed by atoms with Crippen molar-refractivity contribution in [3.8, 4) is 0 Å². The van der Waals surface area contributed by atoms with E-state index in [0.717, 1.165) is 0 Å². The maximum Gasteiger partial charge on any atom is 0.261 e. The molecule has 8 nitrogen and oxygen atoms in total. The molecule has 0 atom stereocenters. The van der Waals surface area contributed by atoms with Gasteiger partial charge in [0.25, 0.3) is 17.7 Å². The maximum atomic E-state index is 12.7. The fourth-order valence-corrected chi connectivity index (χ4v) is 4.04. The number of pyridine rings is 1. The molecule has 0 spiro atoms. The van der Waals surface area contributed by atoms with Crippen molar-refractivity contribution < 1.29 is 19.2 Å². The van der Waals surface area contributed by atoms with E-state index in [2.05, 4.69) is 4.98 Å². The fraction of sp³-hybridized carbons (Fsp3) is 0.348. The average Bonchev–Trinajstić information content (AvgIpc) is 2.97. The number of benzene rings is 1. The summed E-state index contributed by atoms with van der Waals surface area (Å²) in [5.74, 6) is -0.668. The molecule has 8 heteroatoms. The molecule has 0 radical (unpaired) electrons. The van der Waals surface area contributed by atoms with Crippen LogP contribution in [-0.2, 0) is 4.79 Å². The van der Waals surface area contributed by atoms with E-state index in [0.29, 0.717) is 55.7 Å². The van der Waals surface area contributed by atoms with Crippen molar-refractivity contribution in [3.05, 3.63) is 65.5 Å². The summed E-state index contributed by atoms with van der Waals surface area (Å²) in [5, 5.41) is 0. The van der Waals surface area contributed by atoms with E-state index in [1.807, 2.05) is 0 Å². The molecule has 0 aliphatic carbocycles. The minimum atomic E-state index is -0.298. The first-order valence-electron chi connectivity index (χ1n) is 10.5. The lowest BCUT2D eigenvalue weighted by molar-refractivity contribution is -0.131. The van der Waals surface area contributed by atoms with Gasteiger partial charge in [-0.2, -0.15) is 0 Å². The van der Waals surface area contributed by atoms with E-state index in [9.17, 15) is 19.2 Å². The van der Waals surface area contributed by atoms with Gasteiger partial charge in [-0.3, -0.25) is 29.1 Å². The third-order valence-electron chi connectivity index (χ3n) is 5.71. The van der Waals surface area contributed by atoms with Crippen molar-refractivity contribution in [2.24, 2.45) is 0 Å². The first-order valence-corrected chi connectivity index (χ1v) is 10.5. The molecule has 4 amide bonds. The number of amides is 4. The third-order valence-corrected chi connectivity index (χ3v) is 5.71. The predicted octanol–water partition coefficient (Wildman–Crippen LogP) is 1.83. The van der Waals surface area contributed by atoms with Crippen LogP contribution < -0.4 is 0 Å². The summed E-state index contributed by atoms with van der Waals surface area (Å²) < 4.78 is 0. The van der Waals surface area contributed by atoms with Crippen LogP contribution in [0, 0.1) is 0 Å². The number of hydrogen-bond acceptors (Lipinski definition) is 5. The average molecular weight is 420 g/mol. The van der Waals surface area contributed by atoms with Gasteiger partial charge in [0.2, 0.25) is 5.91 Å². The highest BCUT2D eigenvalue weighted by Crippen LogP contribution is 2.22. The van der Waals surface area contributed by atoms with Crippen LogP contribution in [0.4, 0.5) is 0 Å². The quantitative estimate of drug-likeness (QED) is 0.689. The van der Waals surface area contributed by atoms with Crippen LogP contribution in [0.15, 0.2) is 48.8 Å². The Morgan fingerprint density at radius 1 is 0.839 bits per heavy atom. The minimum Gasteiger partial charge on any atom is -0.341 e. The highest BCUT2D eigenvalue weighted by atomic mass is 16.2. The predicted molar refractivity (Wildman–Crippen MR) is 112 cm³/mol. The standard InChI is InChI=1S/C23H24N4O4/c28-20(7-3-14-27-22(30)18-5-1-2-6-19(18)23(27)31)25-12-4-13-26(16-15-25)21(29)17-8-10-24-11-9-17/h1-2,5-6,8-11H,3-4,7,12-16H2. The van der Waals surface area contributed by atoms with Crippen molar-refractivity contribution in [2.45, 2.75) is 19.3 Å². The molecule has 1 aromatic heterocycles. The number of fused-ring (bicyclic) bond motifs is 1. The summed E-state index contributed by atoms with van der Waals surface area (Å²) in [6.07, 6.45) is 4.57. The Morgan fingerprint density at radius 3 is 2.13 bits per heavy atom. The lowest BCUT2D eigenvalue weighted by atomic mass is 10.1. The zero-order valence-electron chi connectivity index (χ0n) is 17.2. The lowest BCUT2D eigenvalue weighted by Gasteiger charge is -2.22. The molecule has 1 fully saturated rings. The van der Waals surface area contributed by atoms with Crippen LogP contribution in [-0.4, -0.2) is 76.0 Å². The Morgan fingerprint density at radius 2 is 1.45 bits per heavy atom. The molecular formula is C23H24N4O4. The highest BCUT2D eigenvalue weighted by Gasteiger charge is 2.34. The molecule has 3 heterocycles. The second kappa shape index (κ2) is 9.07. The summed E-state index contributed by atoms with van der Waals surface area (Å²) in [7, 11) is 0. The molecule has 2 aliphatic rings. The summed E-state index contributed by atoms with van der Waals surface area (Å²) >= 11 is 0. The maximum absolute atomic E-state index is 12.7. The summed E-state index contributed by atoms with van der Waals surface area (Å²) in [6, 6.07) is 10.1. The van der Waals surface area contributed by atoms with Crippen molar-refractivity contribution in [1.29, 1.82) is 0 Å². The lowest BCUT2D eigenvalue weighted by Crippen LogP contribution is -2.37. The number of hydrogen-bond donors (Lipinski definition) is 0. The van der Waals surface area contributed by atoms with E-state index >= 15 is 0 Å². The molecule has 4 rings (SSSR count). The SMILES string of the molecule is O=C(CCCN1C(=O)c2ccccc2C1=O)N1CCCN(C(=O)c2ccncc2)CC1. The first-order chi connectivity index (χ1) is 15.1. The van der Waals surface area contributed by atoms with Crippen LogP contribution >= 0.6 is 0 Å². The van der Waals surface area contributed by atoms with E-state index in [1.54, 1.807) is 58.6 Å². The number of carbonyl (C=O) groups is 4. The van der Waals surface area contributed by atoms with Crippen LogP contribution in [0.2, 0.25) is 0 Å². The smallest absolute Gasteiger partial charge is 0.261 e. The molecule has 160 valence electrons. The molecule has 1 saturated heterocycles. The van der Waals surface area contributed by atoms with Gasteiger partial charge in [0.05, 0.1) is 11.1 Å². The molecule has 0 saturated carbocycles. The summed E-state index contributed by atoms with van der Waals surface area (Å²) in [6.45, 7) is 2.36. The van der Waals surface area contributed by atoms with Gasteiger partial charge in [-0.05, 0) is 37.1 Å². The van der Waals surface area contributed by atoms with Gasteiger partial charge in [0, 0.05) is 57.1 Å². The number of nitrogens with zero attached hydrogens (tertiary/aromatic N) is 4. The summed E-state index contributed by atoms with van der Waals surface area (Å²) in [5.41, 5.74) is 1.44. The van der Waals surface area contributed by atoms with Crippen molar-refractivity contribution in [3.63, 3.8) is 0 Å². The number of aromatic nitrogens is 1.